The maximum absolute atomic E-state index is 12.0. The molecule has 7 nitrogen and oxygen atoms in total. The van der Waals surface area contributed by atoms with Crippen LogP contribution in [0, 0.1) is 6.92 Å². The van der Waals surface area contributed by atoms with E-state index in [0.717, 1.165) is 15.6 Å². The Morgan fingerprint density at radius 3 is 2.67 bits per heavy atom. The van der Waals surface area contributed by atoms with E-state index in [4.69, 9.17) is 4.74 Å². The van der Waals surface area contributed by atoms with Crippen LogP contribution in [-0.4, -0.2) is 56.6 Å². The molecule has 0 bridgehead atoms. The van der Waals surface area contributed by atoms with Gasteiger partial charge in [-0.15, -0.1) is 0 Å². The Morgan fingerprint density at radius 1 is 1.26 bits per heavy atom. The number of pyridine rings is 1. The molecular weight excluding hydrogens is 386 g/mol. The Morgan fingerprint density at radius 2 is 2.04 bits per heavy atom. The average molecular weight is 410 g/mol. The Bertz CT molecular complexity index is 868. The number of aromatic nitrogens is 1. The second-order valence-electron chi connectivity index (χ2n) is 5.92. The van der Waals surface area contributed by atoms with E-state index in [-0.39, 0.29) is 16.6 Å². The molecular formula is C18H23N3O4S2. The van der Waals surface area contributed by atoms with Crippen molar-refractivity contribution in [2.45, 2.75) is 16.8 Å². The zero-order chi connectivity index (χ0) is 19.9. The van der Waals surface area contributed by atoms with Crippen LogP contribution in [0.3, 0.4) is 0 Å². The lowest BCUT2D eigenvalue weighted by molar-refractivity contribution is -0.118. The highest BCUT2D eigenvalue weighted by molar-refractivity contribution is 7.99. The summed E-state index contributed by atoms with van der Waals surface area (Å²) in [5.41, 5.74) is 1.12. The van der Waals surface area contributed by atoms with Crippen LogP contribution >= 0.6 is 11.8 Å². The van der Waals surface area contributed by atoms with Gasteiger partial charge in [0.1, 0.15) is 17.3 Å². The molecule has 1 N–H and O–H groups in total. The number of amides is 1. The predicted octanol–water partition coefficient (Wildman–Crippen LogP) is 1.93. The zero-order valence-electron chi connectivity index (χ0n) is 15.5. The van der Waals surface area contributed by atoms with Crippen molar-refractivity contribution in [3.05, 3.63) is 48.2 Å². The van der Waals surface area contributed by atoms with E-state index in [9.17, 15) is 13.2 Å². The first-order valence-electron chi connectivity index (χ1n) is 8.26. The van der Waals surface area contributed by atoms with E-state index in [1.807, 2.05) is 31.2 Å². The Balaban J connectivity index is 1.72. The molecule has 0 unspecified atom stereocenters. The summed E-state index contributed by atoms with van der Waals surface area (Å²) in [5, 5.41) is 3.36. The number of rotatable bonds is 9. The molecule has 1 heterocycles. The standard InChI is InChI=1S/C18H23N3O4S2/c1-14-5-4-6-15(11-14)25-10-9-19-17(22)13-26-18-8-7-16(12-20-18)27(23,24)21(2)3/h4-8,11-12H,9-10,13H2,1-3H3,(H,19,22). The van der Waals surface area contributed by atoms with Gasteiger partial charge in [-0.2, -0.15) is 0 Å². The fourth-order valence-corrected chi connectivity index (χ4v) is 3.59. The van der Waals surface area contributed by atoms with Gasteiger partial charge in [0.2, 0.25) is 15.9 Å². The highest BCUT2D eigenvalue weighted by atomic mass is 32.2. The maximum atomic E-state index is 12.0. The van der Waals surface area contributed by atoms with E-state index in [0.29, 0.717) is 18.2 Å². The van der Waals surface area contributed by atoms with Gasteiger partial charge in [0, 0.05) is 20.3 Å². The normalized spacial score (nSPS) is 11.4. The van der Waals surface area contributed by atoms with Crippen molar-refractivity contribution in [1.29, 1.82) is 0 Å². The van der Waals surface area contributed by atoms with E-state index in [2.05, 4.69) is 10.3 Å². The Labute approximate surface area is 164 Å². The summed E-state index contributed by atoms with van der Waals surface area (Å²) in [5.74, 6) is 0.826. The average Bonchev–Trinajstić information content (AvgIpc) is 2.64. The largest absolute Gasteiger partial charge is 0.492 e. The number of thioether (sulfide) groups is 1. The summed E-state index contributed by atoms with van der Waals surface area (Å²) in [7, 11) is -0.571. The van der Waals surface area contributed by atoms with Crippen molar-refractivity contribution in [3.63, 3.8) is 0 Å². The fraction of sp³-hybridized carbons (Fsp3) is 0.333. The third-order valence-electron chi connectivity index (χ3n) is 3.52. The van der Waals surface area contributed by atoms with Gasteiger partial charge in [0.05, 0.1) is 17.3 Å². The van der Waals surface area contributed by atoms with E-state index >= 15 is 0 Å². The van der Waals surface area contributed by atoms with Crippen LogP contribution in [0.1, 0.15) is 5.56 Å². The number of nitrogens with one attached hydrogen (secondary N) is 1. The van der Waals surface area contributed by atoms with Gasteiger partial charge in [-0.1, -0.05) is 23.9 Å². The Hall–Kier alpha value is -2.10. The second kappa shape index (κ2) is 9.72. The van der Waals surface area contributed by atoms with Gasteiger partial charge in [0.25, 0.3) is 0 Å². The molecule has 0 atom stereocenters. The minimum atomic E-state index is -3.50. The summed E-state index contributed by atoms with van der Waals surface area (Å²) >= 11 is 1.24. The van der Waals surface area contributed by atoms with Crippen LogP contribution in [0.15, 0.2) is 52.5 Å². The second-order valence-corrected chi connectivity index (χ2v) is 9.07. The van der Waals surface area contributed by atoms with Crippen LogP contribution in [0.4, 0.5) is 0 Å². The first kappa shape index (κ1) is 21.2. The van der Waals surface area contributed by atoms with Gasteiger partial charge >= 0.3 is 0 Å². The first-order valence-corrected chi connectivity index (χ1v) is 10.7. The molecule has 146 valence electrons. The summed E-state index contributed by atoms with van der Waals surface area (Å²) in [6.45, 7) is 2.78. The van der Waals surface area contributed by atoms with Gasteiger partial charge < -0.3 is 10.1 Å². The molecule has 1 amide bonds. The van der Waals surface area contributed by atoms with E-state index in [1.165, 1.54) is 38.1 Å². The molecule has 0 aliphatic rings. The number of aryl methyl sites for hydroxylation is 1. The zero-order valence-corrected chi connectivity index (χ0v) is 17.1. The van der Waals surface area contributed by atoms with Crippen molar-refractivity contribution in [2.75, 3.05) is 33.0 Å². The highest BCUT2D eigenvalue weighted by Gasteiger charge is 2.17. The van der Waals surface area contributed by atoms with Crippen molar-refractivity contribution in [1.82, 2.24) is 14.6 Å². The number of sulfonamides is 1. The summed E-state index contributed by atoms with van der Waals surface area (Å²) in [4.78, 5) is 16.1. The molecule has 0 saturated carbocycles. The number of hydrogen-bond donors (Lipinski definition) is 1. The van der Waals surface area contributed by atoms with Crippen molar-refractivity contribution >= 4 is 27.7 Å². The molecule has 0 radical (unpaired) electrons. The van der Waals surface area contributed by atoms with Crippen LogP contribution in [0.5, 0.6) is 5.75 Å². The van der Waals surface area contributed by atoms with E-state index in [1.54, 1.807) is 6.07 Å². The monoisotopic (exact) mass is 409 g/mol. The molecule has 2 rings (SSSR count). The number of ether oxygens (including phenoxy) is 1. The molecule has 0 spiro atoms. The van der Waals surface area contributed by atoms with Crippen LogP contribution in [-0.2, 0) is 14.8 Å². The lowest BCUT2D eigenvalue weighted by Crippen LogP contribution is -2.29. The molecule has 9 heteroatoms. The SMILES string of the molecule is Cc1cccc(OCCNC(=O)CSc2ccc(S(=O)(=O)N(C)C)cn2)c1. The molecule has 0 saturated heterocycles. The minimum absolute atomic E-state index is 0.120. The highest BCUT2D eigenvalue weighted by Crippen LogP contribution is 2.18. The third kappa shape index (κ3) is 6.53. The molecule has 1 aromatic carbocycles. The molecule has 0 fully saturated rings. The maximum Gasteiger partial charge on any atom is 0.244 e. The Kier molecular flexibility index (Phi) is 7.64. The lowest BCUT2D eigenvalue weighted by Gasteiger charge is -2.11. The lowest BCUT2D eigenvalue weighted by atomic mass is 10.2. The fourth-order valence-electron chi connectivity index (χ4n) is 2.07. The first-order chi connectivity index (χ1) is 12.8. The minimum Gasteiger partial charge on any atom is -0.492 e. The van der Waals surface area contributed by atoms with Crippen LogP contribution in [0.25, 0.3) is 0 Å². The summed E-state index contributed by atoms with van der Waals surface area (Å²) < 4.78 is 30.7. The number of nitrogens with zero attached hydrogens (tertiary/aromatic N) is 2. The quantitative estimate of drug-likeness (QED) is 0.503. The predicted molar refractivity (Wildman–Crippen MR) is 106 cm³/mol. The molecule has 0 aliphatic heterocycles. The number of hydrogen-bond acceptors (Lipinski definition) is 6. The van der Waals surface area contributed by atoms with Crippen LogP contribution in [0.2, 0.25) is 0 Å². The van der Waals surface area contributed by atoms with Gasteiger partial charge in [0.15, 0.2) is 0 Å². The molecule has 0 aliphatic carbocycles. The van der Waals surface area contributed by atoms with Crippen LogP contribution < -0.4 is 10.1 Å². The summed E-state index contributed by atoms with van der Waals surface area (Å²) in [6.07, 6.45) is 1.30. The molecule has 2 aromatic rings. The number of benzene rings is 1. The van der Waals surface area contributed by atoms with Gasteiger partial charge in [-0.25, -0.2) is 17.7 Å². The van der Waals surface area contributed by atoms with E-state index < -0.39 is 10.0 Å². The molecule has 27 heavy (non-hydrogen) atoms. The number of carbonyl (C=O) groups excluding carboxylic acids is 1. The third-order valence-corrected chi connectivity index (χ3v) is 6.26. The smallest absolute Gasteiger partial charge is 0.244 e. The van der Waals surface area contributed by atoms with Crippen molar-refractivity contribution < 1.29 is 17.9 Å². The van der Waals surface area contributed by atoms with Crippen molar-refractivity contribution in [2.24, 2.45) is 0 Å². The number of carbonyl (C=O) groups is 1. The van der Waals surface area contributed by atoms with Crippen molar-refractivity contribution in [3.8, 4) is 5.75 Å². The van der Waals surface area contributed by atoms with Gasteiger partial charge in [-0.05, 0) is 36.8 Å². The summed E-state index contributed by atoms with van der Waals surface area (Å²) in [6, 6.07) is 10.8. The van der Waals surface area contributed by atoms with Gasteiger partial charge in [-0.3, -0.25) is 4.79 Å². The topological polar surface area (TPSA) is 88.6 Å². The molecule has 1 aromatic heterocycles.